The molecule has 0 radical (unpaired) electrons. The summed E-state index contributed by atoms with van der Waals surface area (Å²) in [7, 11) is 1.65. The fourth-order valence-electron chi connectivity index (χ4n) is 3.15. The van der Waals surface area contributed by atoms with Crippen molar-refractivity contribution in [2.45, 2.75) is 64.5 Å². The van der Waals surface area contributed by atoms with Crippen molar-refractivity contribution in [2.75, 3.05) is 7.05 Å². The van der Waals surface area contributed by atoms with Gasteiger partial charge >= 0.3 is 6.55 Å². The van der Waals surface area contributed by atoms with Gasteiger partial charge in [-0.2, -0.15) is 8.78 Å². The predicted octanol–water partition coefficient (Wildman–Crippen LogP) is 3.99. The summed E-state index contributed by atoms with van der Waals surface area (Å²) in [6, 6.07) is 0. The monoisotopic (exact) mass is 313 g/mol. The number of alkyl halides is 2. The van der Waals surface area contributed by atoms with E-state index in [0.29, 0.717) is 6.42 Å². The first-order valence-corrected chi connectivity index (χ1v) is 8.11. The minimum Gasteiger partial charge on any atom is -0.338 e. The third-order valence-corrected chi connectivity index (χ3v) is 4.49. The van der Waals surface area contributed by atoms with Crippen molar-refractivity contribution in [1.29, 1.82) is 0 Å². The molecule has 4 nitrogen and oxygen atoms in total. The van der Waals surface area contributed by atoms with Crippen LogP contribution in [0.3, 0.4) is 0 Å². The van der Waals surface area contributed by atoms with Crippen LogP contribution in [0.4, 0.5) is 8.78 Å². The number of halogens is 2. The number of carbonyl (C=O) groups excluding carboxylic acids is 1. The fraction of sp³-hybridized carbons (Fsp3) is 0.750. The molecule has 0 saturated heterocycles. The molecule has 1 aromatic rings. The molecule has 0 spiro atoms. The molecule has 124 valence electrons. The molecule has 0 aromatic carbocycles. The average Bonchev–Trinajstić information content (AvgIpc) is 2.96. The summed E-state index contributed by atoms with van der Waals surface area (Å²) in [5, 5.41) is 0. The first kappa shape index (κ1) is 16.9. The lowest BCUT2D eigenvalue weighted by molar-refractivity contribution is -0.130. The van der Waals surface area contributed by atoms with Gasteiger partial charge in [0.2, 0.25) is 5.91 Å². The summed E-state index contributed by atoms with van der Waals surface area (Å²) in [5.41, 5.74) is 0. The van der Waals surface area contributed by atoms with Crippen molar-refractivity contribution in [3.05, 3.63) is 18.2 Å². The number of imidazole rings is 1. The molecule has 1 aromatic heterocycles. The standard InChI is InChI=1S/C16H25F2N3O/c1-20(12-14-19-10-11-21(14)16(17)18)15(22)9-5-8-13-6-3-2-4-7-13/h10-11,13,16H,2-9,12H2,1H3. The van der Waals surface area contributed by atoms with Gasteiger partial charge in [0.25, 0.3) is 0 Å². The number of aromatic nitrogens is 2. The van der Waals surface area contributed by atoms with Crippen molar-refractivity contribution in [1.82, 2.24) is 14.5 Å². The Morgan fingerprint density at radius 1 is 1.41 bits per heavy atom. The number of rotatable bonds is 7. The van der Waals surface area contributed by atoms with E-state index in [2.05, 4.69) is 4.98 Å². The predicted molar refractivity (Wildman–Crippen MR) is 80.4 cm³/mol. The Hall–Kier alpha value is -1.46. The van der Waals surface area contributed by atoms with Crippen LogP contribution < -0.4 is 0 Å². The zero-order chi connectivity index (χ0) is 15.9. The molecular weight excluding hydrogens is 288 g/mol. The molecule has 1 heterocycles. The first-order chi connectivity index (χ1) is 10.6. The van der Waals surface area contributed by atoms with Crippen molar-refractivity contribution in [3.63, 3.8) is 0 Å². The van der Waals surface area contributed by atoms with Gasteiger partial charge < -0.3 is 4.90 Å². The summed E-state index contributed by atoms with van der Waals surface area (Å²) >= 11 is 0. The van der Waals surface area contributed by atoms with Crippen molar-refractivity contribution >= 4 is 5.91 Å². The van der Waals surface area contributed by atoms with Gasteiger partial charge in [0.15, 0.2) is 0 Å². The first-order valence-electron chi connectivity index (χ1n) is 8.11. The molecular formula is C16H25F2N3O. The Bertz CT molecular complexity index is 470. The minimum atomic E-state index is -2.62. The van der Waals surface area contributed by atoms with Crippen molar-refractivity contribution < 1.29 is 13.6 Å². The molecule has 1 fully saturated rings. The molecule has 1 aliphatic carbocycles. The molecule has 2 rings (SSSR count). The molecule has 0 N–H and O–H groups in total. The van der Waals surface area contributed by atoms with Gasteiger partial charge in [0.1, 0.15) is 5.82 Å². The highest BCUT2D eigenvalue weighted by Crippen LogP contribution is 2.27. The molecule has 22 heavy (non-hydrogen) atoms. The van der Waals surface area contributed by atoms with Crippen LogP contribution in [0.25, 0.3) is 0 Å². The Labute approximate surface area is 130 Å². The molecule has 1 amide bonds. The summed E-state index contributed by atoms with van der Waals surface area (Å²) in [4.78, 5) is 17.5. The summed E-state index contributed by atoms with van der Waals surface area (Å²) < 4.78 is 26.3. The van der Waals surface area contributed by atoms with Gasteiger partial charge in [-0.25, -0.2) is 4.98 Å². The second-order valence-corrected chi connectivity index (χ2v) is 6.17. The van der Waals surface area contributed by atoms with E-state index in [9.17, 15) is 13.6 Å². The lowest BCUT2D eigenvalue weighted by Crippen LogP contribution is -2.27. The van der Waals surface area contributed by atoms with Crippen LogP contribution in [0.1, 0.15) is 63.7 Å². The Morgan fingerprint density at radius 2 is 2.14 bits per heavy atom. The van der Waals surface area contributed by atoms with Crippen LogP contribution in [0.15, 0.2) is 12.4 Å². The highest BCUT2D eigenvalue weighted by atomic mass is 19.3. The maximum Gasteiger partial charge on any atom is 0.319 e. The highest BCUT2D eigenvalue weighted by molar-refractivity contribution is 5.75. The fourth-order valence-corrected chi connectivity index (χ4v) is 3.15. The van der Waals surface area contributed by atoms with Gasteiger partial charge in [-0.15, -0.1) is 0 Å². The maximum absolute atomic E-state index is 12.7. The van der Waals surface area contributed by atoms with Crippen LogP contribution >= 0.6 is 0 Å². The van der Waals surface area contributed by atoms with Crippen molar-refractivity contribution in [2.24, 2.45) is 5.92 Å². The smallest absolute Gasteiger partial charge is 0.319 e. The highest BCUT2D eigenvalue weighted by Gasteiger charge is 2.17. The van der Waals surface area contributed by atoms with Crippen LogP contribution in [0.5, 0.6) is 0 Å². The number of carbonyl (C=O) groups is 1. The third kappa shape index (κ3) is 4.78. The van der Waals surface area contributed by atoms with Crippen LogP contribution in [0, 0.1) is 5.92 Å². The molecule has 1 aliphatic rings. The van der Waals surface area contributed by atoms with Crippen LogP contribution in [-0.2, 0) is 11.3 Å². The largest absolute Gasteiger partial charge is 0.338 e. The minimum absolute atomic E-state index is 0.000347. The van der Waals surface area contributed by atoms with E-state index in [4.69, 9.17) is 0 Å². The average molecular weight is 313 g/mol. The van der Waals surface area contributed by atoms with Gasteiger partial charge in [-0.3, -0.25) is 9.36 Å². The van der Waals surface area contributed by atoms with E-state index in [-0.39, 0.29) is 18.3 Å². The molecule has 0 aliphatic heterocycles. The Morgan fingerprint density at radius 3 is 2.82 bits per heavy atom. The molecule has 1 saturated carbocycles. The second-order valence-electron chi connectivity index (χ2n) is 6.17. The summed E-state index contributed by atoms with van der Waals surface area (Å²) in [6.07, 6.45) is 11.6. The molecule has 6 heteroatoms. The number of amides is 1. The van der Waals surface area contributed by atoms with E-state index >= 15 is 0 Å². The Kier molecular flexibility index (Phi) is 6.34. The zero-order valence-corrected chi connectivity index (χ0v) is 13.2. The summed E-state index contributed by atoms with van der Waals surface area (Å²) in [5.74, 6) is 0.988. The van der Waals surface area contributed by atoms with E-state index in [1.54, 1.807) is 7.05 Å². The third-order valence-electron chi connectivity index (χ3n) is 4.49. The van der Waals surface area contributed by atoms with Crippen LogP contribution in [0.2, 0.25) is 0 Å². The van der Waals surface area contributed by atoms with E-state index < -0.39 is 6.55 Å². The van der Waals surface area contributed by atoms with Gasteiger partial charge in [-0.1, -0.05) is 32.1 Å². The second kappa shape index (κ2) is 8.25. The lowest BCUT2D eigenvalue weighted by atomic mass is 9.86. The SMILES string of the molecule is CN(Cc1nccn1C(F)F)C(=O)CCCC1CCCCC1. The lowest BCUT2D eigenvalue weighted by Gasteiger charge is -2.22. The zero-order valence-electron chi connectivity index (χ0n) is 13.2. The number of nitrogens with zero attached hydrogens (tertiary/aromatic N) is 3. The van der Waals surface area contributed by atoms with E-state index in [0.717, 1.165) is 23.3 Å². The van der Waals surface area contributed by atoms with E-state index in [1.807, 2.05) is 0 Å². The van der Waals surface area contributed by atoms with Gasteiger partial charge in [0.05, 0.1) is 6.54 Å². The normalized spacial score (nSPS) is 16.2. The maximum atomic E-state index is 12.7. The van der Waals surface area contributed by atoms with Gasteiger partial charge in [0, 0.05) is 25.9 Å². The topological polar surface area (TPSA) is 38.1 Å². The number of hydrogen-bond acceptors (Lipinski definition) is 2. The summed E-state index contributed by atoms with van der Waals surface area (Å²) in [6.45, 7) is -2.49. The van der Waals surface area contributed by atoms with Crippen molar-refractivity contribution in [3.8, 4) is 0 Å². The molecule has 0 bridgehead atoms. The quantitative estimate of drug-likeness (QED) is 0.763. The van der Waals surface area contributed by atoms with E-state index in [1.165, 1.54) is 49.4 Å². The Balaban J connectivity index is 1.73. The molecule has 0 unspecified atom stereocenters. The molecule has 0 atom stereocenters. The van der Waals surface area contributed by atoms with Crippen LogP contribution in [-0.4, -0.2) is 27.4 Å². The number of hydrogen-bond donors (Lipinski definition) is 0. The van der Waals surface area contributed by atoms with Gasteiger partial charge in [-0.05, 0) is 18.8 Å².